The first-order valence-corrected chi connectivity index (χ1v) is 10.9. The van der Waals surface area contributed by atoms with Crippen molar-refractivity contribution >= 4 is 40.7 Å². The second-order valence-electron chi connectivity index (χ2n) is 7.54. The molecule has 3 amide bonds. The highest BCUT2D eigenvalue weighted by Gasteiger charge is 2.21. The molecule has 0 bridgehead atoms. The van der Waals surface area contributed by atoms with Gasteiger partial charge in [-0.25, -0.2) is 4.98 Å². The number of H-pyrrole nitrogens is 1. The van der Waals surface area contributed by atoms with Crippen LogP contribution >= 0.6 is 11.6 Å². The highest BCUT2D eigenvalue weighted by Crippen LogP contribution is 2.19. The Morgan fingerprint density at radius 2 is 1.61 bits per heavy atom. The fraction of sp³-hybridized carbons (Fsp3) is 0.217. The van der Waals surface area contributed by atoms with Gasteiger partial charge in [0.15, 0.2) is 5.69 Å². The Morgan fingerprint density at radius 3 is 2.24 bits per heavy atom. The Kier molecular flexibility index (Phi) is 7.01. The summed E-state index contributed by atoms with van der Waals surface area (Å²) in [5, 5.41) is 8.63. The molecule has 0 aliphatic carbocycles. The van der Waals surface area contributed by atoms with Gasteiger partial charge in [-0.3, -0.25) is 14.4 Å². The minimum atomic E-state index is -0.517. The highest BCUT2D eigenvalue weighted by atomic mass is 35.5. The van der Waals surface area contributed by atoms with Crippen molar-refractivity contribution in [2.45, 2.75) is 6.42 Å². The predicted molar refractivity (Wildman–Crippen MR) is 126 cm³/mol. The number of imidazole rings is 1. The number of halogens is 1. The summed E-state index contributed by atoms with van der Waals surface area (Å²) in [7, 11) is 0. The molecule has 0 atom stereocenters. The number of aromatic nitrogens is 2. The lowest BCUT2D eigenvalue weighted by molar-refractivity contribution is 0.0924. The van der Waals surface area contributed by atoms with E-state index >= 15 is 0 Å². The number of rotatable bonds is 8. The minimum absolute atomic E-state index is 0.00699. The van der Waals surface area contributed by atoms with Crippen LogP contribution in [0.2, 0.25) is 5.02 Å². The molecule has 2 aromatic carbocycles. The topological polar surface area (TPSA) is 119 Å². The molecule has 0 spiro atoms. The zero-order valence-electron chi connectivity index (χ0n) is 17.7. The zero-order chi connectivity index (χ0) is 23.2. The van der Waals surface area contributed by atoms with Crippen molar-refractivity contribution in [3.05, 3.63) is 76.8 Å². The average molecular weight is 467 g/mol. The second kappa shape index (κ2) is 10.3. The molecular weight excluding hydrogens is 444 g/mol. The first-order valence-electron chi connectivity index (χ1n) is 10.5. The zero-order valence-corrected chi connectivity index (χ0v) is 18.5. The summed E-state index contributed by atoms with van der Waals surface area (Å²) >= 11 is 6.06. The van der Waals surface area contributed by atoms with E-state index < -0.39 is 5.91 Å². The fourth-order valence-corrected chi connectivity index (χ4v) is 3.55. The largest absolute Gasteiger partial charge is 0.349 e. The van der Waals surface area contributed by atoms with Crippen LogP contribution in [0.5, 0.6) is 0 Å². The van der Waals surface area contributed by atoms with E-state index in [4.69, 9.17) is 11.6 Å². The molecule has 33 heavy (non-hydrogen) atoms. The second-order valence-corrected chi connectivity index (χ2v) is 7.95. The molecule has 0 radical (unpaired) electrons. The molecule has 1 aliphatic rings. The number of hydrogen-bond acceptors (Lipinski definition) is 5. The molecular formula is C23H23ClN6O3. The van der Waals surface area contributed by atoms with Gasteiger partial charge >= 0.3 is 0 Å². The van der Waals surface area contributed by atoms with E-state index in [1.165, 1.54) is 12.7 Å². The van der Waals surface area contributed by atoms with Crippen molar-refractivity contribution in [1.82, 2.24) is 20.2 Å². The number of aromatic amines is 1. The van der Waals surface area contributed by atoms with Crippen molar-refractivity contribution in [2.24, 2.45) is 0 Å². The van der Waals surface area contributed by atoms with E-state index in [-0.39, 0.29) is 23.2 Å². The maximum absolute atomic E-state index is 12.7. The Labute approximate surface area is 195 Å². The predicted octanol–water partition coefficient (Wildman–Crippen LogP) is 3.00. The third-order valence-corrected chi connectivity index (χ3v) is 5.59. The third kappa shape index (κ3) is 5.57. The lowest BCUT2D eigenvalue weighted by atomic mass is 10.2. The van der Waals surface area contributed by atoms with Gasteiger partial charge in [-0.05, 0) is 55.9 Å². The quantitative estimate of drug-likeness (QED) is 0.407. The number of benzene rings is 2. The Hall–Kier alpha value is -3.69. The number of carbonyl (C=O) groups excluding carboxylic acids is 3. The van der Waals surface area contributed by atoms with E-state index in [1.807, 2.05) is 0 Å². The molecule has 0 saturated carbocycles. The molecule has 4 rings (SSSR count). The standard InChI is InChI=1S/C23H23ClN6O3/c24-18-5-2-1-4-17(18)21(31)28-15-6-8-16(9-7-15)29-23(33)20-19(26-14-27-20)22(32)25-10-13-30-11-3-12-30/h1-2,4-9,14H,3,10-13H2,(H,25,32)(H,26,27)(H,28,31)(H,29,33). The Morgan fingerprint density at radius 1 is 0.939 bits per heavy atom. The maximum Gasteiger partial charge on any atom is 0.276 e. The van der Waals surface area contributed by atoms with Crippen molar-refractivity contribution in [3.8, 4) is 0 Å². The van der Waals surface area contributed by atoms with Crippen molar-refractivity contribution < 1.29 is 14.4 Å². The molecule has 10 heteroatoms. The normalized spacial score (nSPS) is 13.1. The summed E-state index contributed by atoms with van der Waals surface area (Å²) in [5.41, 5.74) is 1.51. The fourth-order valence-electron chi connectivity index (χ4n) is 3.33. The molecule has 4 N–H and O–H groups in total. The van der Waals surface area contributed by atoms with Crippen molar-refractivity contribution in [2.75, 3.05) is 36.8 Å². The van der Waals surface area contributed by atoms with Gasteiger partial charge in [-0.1, -0.05) is 23.7 Å². The lowest BCUT2D eigenvalue weighted by Crippen LogP contribution is -2.42. The average Bonchev–Trinajstić information content (AvgIpc) is 3.27. The van der Waals surface area contributed by atoms with Gasteiger partial charge in [0.2, 0.25) is 0 Å². The van der Waals surface area contributed by atoms with Gasteiger partial charge in [0, 0.05) is 24.5 Å². The molecule has 1 aromatic heterocycles. The van der Waals surface area contributed by atoms with Gasteiger partial charge < -0.3 is 25.8 Å². The van der Waals surface area contributed by atoms with E-state index in [1.54, 1.807) is 48.5 Å². The van der Waals surface area contributed by atoms with E-state index in [2.05, 4.69) is 30.8 Å². The number of nitrogens with one attached hydrogen (secondary N) is 4. The van der Waals surface area contributed by atoms with Crippen LogP contribution in [0.4, 0.5) is 11.4 Å². The number of amides is 3. The monoisotopic (exact) mass is 466 g/mol. The summed E-state index contributed by atoms with van der Waals surface area (Å²) in [6.07, 6.45) is 2.50. The smallest absolute Gasteiger partial charge is 0.276 e. The van der Waals surface area contributed by atoms with Crippen LogP contribution in [0.3, 0.4) is 0 Å². The summed E-state index contributed by atoms with van der Waals surface area (Å²) in [5.74, 6) is -1.23. The first-order chi connectivity index (χ1) is 16.0. The number of likely N-dealkylation sites (tertiary alicyclic amines) is 1. The number of carbonyl (C=O) groups is 3. The summed E-state index contributed by atoms with van der Waals surface area (Å²) in [4.78, 5) is 46.4. The molecule has 1 aliphatic heterocycles. The van der Waals surface area contributed by atoms with Crippen LogP contribution in [-0.4, -0.2) is 58.8 Å². The molecule has 0 unspecified atom stereocenters. The molecule has 3 aromatic rings. The molecule has 2 heterocycles. The van der Waals surface area contributed by atoms with Gasteiger partial charge in [0.05, 0.1) is 16.9 Å². The molecule has 1 fully saturated rings. The lowest BCUT2D eigenvalue weighted by Gasteiger charge is -2.30. The van der Waals surface area contributed by atoms with Gasteiger partial charge in [0.1, 0.15) is 5.69 Å². The van der Waals surface area contributed by atoms with Crippen LogP contribution < -0.4 is 16.0 Å². The third-order valence-electron chi connectivity index (χ3n) is 5.26. The van der Waals surface area contributed by atoms with E-state index in [0.29, 0.717) is 28.5 Å². The van der Waals surface area contributed by atoms with Crippen LogP contribution in [0.25, 0.3) is 0 Å². The van der Waals surface area contributed by atoms with Crippen molar-refractivity contribution in [1.29, 1.82) is 0 Å². The number of hydrogen-bond donors (Lipinski definition) is 4. The summed E-state index contributed by atoms with van der Waals surface area (Å²) in [6.45, 7) is 3.38. The Bertz CT molecular complexity index is 1160. The van der Waals surface area contributed by atoms with Crippen LogP contribution in [0.1, 0.15) is 37.8 Å². The van der Waals surface area contributed by atoms with Crippen molar-refractivity contribution in [3.63, 3.8) is 0 Å². The number of nitrogens with zero attached hydrogens (tertiary/aromatic N) is 2. The number of anilines is 2. The van der Waals surface area contributed by atoms with Gasteiger partial charge in [-0.15, -0.1) is 0 Å². The van der Waals surface area contributed by atoms with Crippen LogP contribution in [0.15, 0.2) is 54.9 Å². The van der Waals surface area contributed by atoms with E-state index in [0.717, 1.165) is 19.6 Å². The van der Waals surface area contributed by atoms with Crippen LogP contribution in [0, 0.1) is 0 Å². The summed E-state index contributed by atoms with van der Waals surface area (Å²) < 4.78 is 0. The van der Waals surface area contributed by atoms with Crippen LogP contribution in [-0.2, 0) is 0 Å². The SMILES string of the molecule is O=C(Nc1ccc(NC(=O)c2nc[nH]c2C(=O)NCCN2CCC2)cc1)c1ccccc1Cl. The van der Waals surface area contributed by atoms with Gasteiger partial charge in [0.25, 0.3) is 17.7 Å². The van der Waals surface area contributed by atoms with Gasteiger partial charge in [-0.2, -0.15) is 0 Å². The first kappa shape index (κ1) is 22.5. The van der Waals surface area contributed by atoms with E-state index in [9.17, 15) is 14.4 Å². The highest BCUT2D eigenvalue weighted by molar-refractivity contribution is 6.34. The molecule has 1 saturated heterocycles. The Balaban J connectivity index is 1.33. The minimum Gasteiger partial charge on any atom is -0.349 e. The molecule has 170 valence electrons. The maximum atomic E-state index is 12.7. The summed E-state index contributed by atoms with van der Waals surface area (Å²) in [6, 6.07) is 13.3. The molecule has 9 nitrogen and oxygen atoms in total.